The summed E-state index contributed by atoms with van der Waals surface area (Å²) in [7, 11) is 0. The predicted molar refractivity (Wildman–Crippen MR) is 92.9 cm³/mol. The lowest BCUT2D eigenvalue weighted by Gasteiger charge is -2.04. The van der Waals surface area contributed by atoms with Gasteiger partial charge in [-0.1, -0.05) is 42.5 Å². The quantitative estimate of drug-likeness (QED) is 0.696. The van der Waals surface area contributed by atoms with Crippen LogP contribution in [0.4, 0.5) is 10.8 Å². The Bertz CT molecular complexity index is 891. The van der Waals surface area contributed by atoms with E-state index in [1.807, 2.05) is 42.6 Å². The SMILES string of the molecule is [C-]#[N+]c1ccc(-c2csc(NC(=O)c3ccccc3C)n2)cc1. The van der Waals surface area contributed by atoms with Crippen molar-refractivity contribution in [1.29, 1.82) is 0 Å². The molecule has 1 heterocycles. The van der Waals surface area contributed by atoms with Gasteiger partial charge < -0.3 is 0 Å². The van der Waals surface area contributed by atoms with Gasteiger partial charge in [0.1, 0.15) is 0 Å². The molecule has 0 fully saturated rings. The Morgan fingerprint density at radius 1 is 1.17 bits per heavy atom. The van der Waals surface area contributed by atoms with Crippen molar-refractivity contribution in [3.8, 4) is 11.3 Å². The van der Waals surface area contributed by atoms with Crippen molar-refractivity contribution in [2.24, 2.45) is 0 Å². The highest BCUT2D eigenvalue weighted by Crippen LogP contribution is 2.27. The van der Waals surface area contributed by atoms with E-state index in [0.29, 0.717) is 16.4 Å². The van der Waals surface area contributed by atoms with Crippen molar-refractivity contribution in [2.75, 3.05) is 5.32 Å². The molecule has 0 unspecified atom stereocenters. The van der Waals surface area contributed by atoms with E-state index >= 15 is 0 Å². The van der Waals surface area contributed by atoms with E-state index < -0.39 is 0 Å². The zero-order valence-electron chi connectivity index (χ0n) is 12.4. The lowest BCUT2D eigenvalue weighted by atomic mass is 10.1. The first-order valence-corrected chi connectivity index (χ1v) is 7.86. The number of hydrogen-bond donors (Lipinski definition) is 1. The molecule has 0 aliphatic heterocycles. The van der Waals surface area contributed by atoms with Gasteiger partial charge in [-0.2, -0.15) is 0 Å². The number of aromatic nitrogens is 1. The summed E-state index contributed by atoms with van der Waals surface area (Å²) in [6.07, 6.45) is 0. The summed E-state index contributed by atoms with van der Waals surface area (Å²) < 4.78 is 0. The number of carbonyl (C=O) groups is 1. The first-order chi connectivity index (χ1) is 11.2. The van der Waals surface area contributed by atoms with E-state index in [-0.39, 0.29) is 5.91 Å². The highest BCUT2D eigenvalue weighted by Gasteiger charge is 2.11. The van der Waals surface area contributed by atoms with Crippen LogP contribution in [0.3, 0.4) is 0 Å². The van der Waals surface area contributed by atoms with Crippen LogP contribution in [-0.2, 0) is 0 Å². The van der Waals surface area contributed by atoms with Gasteiger partial charge in [-0.15, -0.1) is 11.3 Å². The molecule has 0 saturated carbocycles. The molecule has 0 atom stereocenters. The highest BCUT2D eigenvalue weighted by molar-refractivity contribution is 7.14. The third kappa shape index (κ3) is 3.28. The Labute approximate surface area is 138 Å². The Morgan fingerprint density at radius 2 is 1.91 bits per heavy atom. The largest absolute Gasteiger partial charge is 0.298 e. The molecule has 0 aliphatic rings. The Balaban J connectivity index is 1.78. The van der Waals surface area contributed by atoms with Crippen LogP contribution in [0.5, 0.6) is 0 Å². The van der Waals surface area contributed by atoms with Crippen molar-refractivity contribution < 1.29 is 4.79 Å². The lowest BCUT2D eigenvalue weighted by Crippen LogP contribution is -2.12. The fourth-order valence-electron chi connectivity index (χ4n) is 2.16. The average molecular weight is 319 g/mol. The van der Waals surface area contributed by atoms with Gasteiger partial charge in [0.2, 0.25) is 0 Å². The van der Waals surface area contributed by atoms with Gasteiger partial charge in [0, 0.05) is 10.9 Å². The van der Waals surface area contributed by atoms with E-state index in [1.165, 1.54) is 11.3 Å². The molecule has 3 aromatic rings. The molecule has 1 N–H and O–H groups in total. The molecule has 3 rings (SSSR count). The van der Waals surface area contributed by atoms with Gasteiger partial charge in [0.25, 0.3) is 5.91 Å². The van der Waals surface area contributed by atoms with Gasteiger partial charge in [0.15, 0.2) is 10.8 Å². The molecular formula is C18H13N3OS. The molecule has 112 valence electrons. The summed E-state index contributed by atoms with van der Waals surface area (Å²) >= 11 is 1.38. The molecule has 0 bridgehead atoms. The molecule has 0 saturated heterocycles. The monoisotopic (exact) mass is 319 g/mol. The molecule has 4 nitrogen and oxygen atoms in total. The molecule has 0 aliphatic carbocycles. The molecule has 23 heavy (non-hydrogen) atoms. The molecular weight excluding hydrogens is 306 g/mol. The van der Waals surface area contributed by atoms with Crippen molar-refractivity contribution >= 4 is 28.1 Å². The van der Waals surface area contributed by atoms with Crippen LogP contribution in [0.2, 0.25) is 0 Å². The summed E-state index contributed by atoms with van der Waals surface area (Å²) in [5.41, 5.74) is 3.87. The van der Waals surface area contributed by atoms with Crippen LogP contribution >= 0.6 is 11.3 Å². The molecule has 1 aromatic heterocycles. The fourth-order valence-corrected chi connectivity index (χ4v) is 2.88. The summed E-state index contributed by atoms with van der Waals surface area (Å²) in [4.78, 5) is 20.1. The van der Waals surface area contributed by atoms with Crippen molar-refractivity contribution in [3.63, 3.8) is 0 Å². The number of carbonyl (C=O) groups excluding carboxylic acids is 1. The second-order valence-corrected chi connectivity index (χ2v) is 5.82. The first-order valence-electron chi connectivity index (χ1n) is 6.98. The zero-order chi connectivity index (χ0) is 16.2. The number of aryl methyl sites for hydroxylation is 1. The van der Waals surface area contributed by atoms with E-state index in [0.717, 1.165) is 16.8 Å². The number of thiazole rings is 1. The van der Waals surface area contributed by atoms with Crippen LogP contribution in [-0.4, -0.2) is 10.9 Å². The van der Waals surface area contributed by atoms with Crippen LogP contribution in [0, 0.1) is 13.5 Å². The van der Waals surface area contributed by atoms with E-state index in [4.69, 9.17) is 6.57 Å². The van der Waals surface area contributed by atoms with E-state index in [9.17, 15) is 4.79 Å². The van der Waals surface area contributed by atoms with Crippen molar-refractivity contribution in [2.45, 2.75) is 6.92 Å². The predicted octanol–water partition coefficient (Wildman–Crippen LogP) is 4.92. The molecule has 0 spiro atoms. The summed E-state index contributed by atoms with van der Waals surface area (Å²) in [5, 5.41) is 5.28. The third-order valence-corrected chi connectivity index (χ3v) is 4.16. The lowest BCUT2D eigenvalue weighted by molar-refractivity contribution is 0.102. The number of nitrogens with zero attached hydrogens (tertiary/aromatic N) is 2. The second-order valence-electron chi connectivity index (χ2n) is 4.97. The second kappa shape index (κ2) is 6.42. The van der Waals surface area contributed by atoms with Crippen molar-refractivity contribution in [3.05, 3.63) is 76.5 Å². The van der Waals surface area contributed by atoms with Gasteiger partial charge in [-0.05, 0) is 24.1 Å². The van der Waals surface area contributed by atoms with Crippen LogP contribution in [0.25, 0.3) is 16.1 Å². The van der Waals surface area contributed by atoms with E-state index in [1.54, 1.807) is 18.2 Å². The summed E-state index contributed by atoms with van der Waals surface area (Å²) in [6.45, 7) is 8.87. The van der Waals surface area contributed by atoms with Crippen LogP contribution in [0.15, 0.2) is 53.9 Å². The maximum atomic E-state index is 12.3. The molecule has 1 amide bonds. The normalized spacial score (nSPS) is 10.1. The smallest absolute Gasteiger partial charge is 0.257 e. The minimum Gasteiger partial charge on any atom is -0.298 e. The zero-order valence-corrected chi connectivity index (χ0v) is 13.2. The topological polar surface area (TPSA) is 46.4 Å². The Morgan fingerprint density at radius 3 is 2.61 bits per heavy atom. The summed E-state index contributed by atoms with van der Waals surface area (Å²) in [6, 6.07) is 14.7. The fraction of sp³-hybridized carbons (Fsp3) is 0.0556. The van der Waals surface area contributed by atoms with E-state index in [2.05, 4.69) is 15.1 Å². The third-order valence-electron chi connectivity index (χ3n) is 3.41. The molecule has 0 radical (unpaired) electrons. The number of amides is 1. The van der Waals surface area contributed by atoms with Crippen LogP contribution < -0.4 is 5.32 Å². The van der Waals surface area contributed by atoms with Crippen molar-refractivity contribution in [1.82, 2.24) is 4.98 Å². The minimum absolute atomic E-state index is 0.160. The first kappa shape index (κ1) is 14.9. The number of rotatable bonds is 3. The number of nitrogens with one attached hydrogen (secondary N) is 1. The Kier molecular flexibility index (Phi) is 4.18. The van der Waals surface area contributed by atoms with Crippen LogP contribution in [0.1, 0.15) is 15.9 Å². The average Bonchev–Trinajstić information content (AvgIpc) is 3.03. The maximum absolute atomic E-state index is 12.3. The molecule has 5 heteroatoms. The van der Waals surface area contributed by atoms with Gasteiger partial charge in [-0.25, -0.2) is 9.83 Å². The standard InChI is InChI=1S/C18H13N3OS/c1-12-5-3-4-6-15(12)17(22)21-18-20-16(11-23-18)13-7-9-14(19-2)10-8-13/h3-11H,1H3,(H,20,21,22). The maximum Gasteiger partial charge on any atom is 0.257 e. The highest BCUT2D eigenvalue weighted by atomic mass is 32.1. The van der Waals surface area contributed by atoms with Gasteiger partial charge in [0.05, 0.1) is 12.3 Å². The number of benzene rings is 2. The van der Waals surface area contributed by atoms with Gasteiger partial charge >= 0.3 is 0 Å². The summed E-state index contributed by atoms with van der Waals surface area (Å²) in [5.74, 6) is -0.160. The Hall–Kier alpha value is -2.97. The number of hydrogen-bond acceptors (Lipinski definition) is 3. The number of anilines is 1. The minimum atomic E-state index is -0.160. The van der Waals surface area contributed by atoms with Gasteiger partial charge in [-0.3, -0.25) is 10.1 Å². The molecule has 2 aromatic carbocycles.